The molecule has 0 nitrogen and oxygen atoms in total. The molecule has 0 heterocycles. The molecule has 90 valence electrons. The van der Waals surface area contributed by atoms with Crippen LogP contribution in [0.5, 0.6) is 0 Å². The highest BCUT2D eigenvalue weighted by atomic mass is 14.6. The Labute approximate surface area is 100 Å². The summed E-state index contributed by atoms with van der Waals surface area (Å²) in [5, 5.41) is 0. The van der Waals surface area contributed by atoms with Crippen molar-refractivity contribution in [2.45, 2.75) is 64.2 Å². The summed E-state index contributed by atoms with van der Waals surface area (Å²) in [5.74, 6) is 7.06. The zero-order chi connectivity index (χ0) is 10.5. The van der Waals surface area contributed by atoms with Gasteiger partial charge in [0, 0.05) is 0 Å². The van der Waals surface area contributed by atoms with E-state index in [0.717, 1.165) is 5.92 Å². The van der Waals surface area contributed by atoms with Crippen LogP contribution in [0.3, 0.4) is 0 Å². The summed E-state index contributed by atoms with van der Waals surface area (Å²) in [5.41, 5.74) is 0. The summed E-state index contributed by atoms with van der Waals surface area (Å²) in [7, 11) is 0. The fraction of sp³-hybridized carbons (Fsp3) is 1.00. The minimum absolute atomic E-state index is 1.16. The molecule has 0 saturated heterocycles. The molecule has 0 aromatic rings. The summed E-state index contributed by atoms with van der Waals surface area (Å²) in [6.07, 6.45) is 15.9. The van der Waals surface area contributed by atoms with Gasteiger partial charge in [0.2, 0.25) is 0 Å². The number of hydrogen-bond acceptors (Lipinski definition) is 0. The Morgan fingerprint density at radius 1 is 0.375 bits per heavy atom. The molecule has 0 aromatic carbocycles. The fourth-order valence-electron chi connectivity index (χ4n) is 6.28. The van der Waals surface area contributed by atoms with Crippen LogP contribution in [-0.2, 0) is 0 Å². The van der Waals surface area contributed by atoms with E-state index in [4.69, 9.17) is 0 Å². The Bertz CT molecular complexity index is 269. The van der Waals surface area contributed by atoms with Crippen LogP contribution < -0.4 is 0 Å². The minimum Gasteiger partial charge on any atom is -0.0528 e. The standard InChI is InChI=1S/C16H26/c1-3-11-4-2-6-13-8-10-14-9-7-12(5-1)15(11)16(13)14/h11-16H,1-10H2. The van der Waals surface area contributed by atoms with E-state index in [9.17, 15) is 0 Å². The smallest absolute Gasteiger partial charge is 0.0324 e. The first-order valence-electron chi connectivity index (χ1n) is 7.93. The van der Waals surface area contributed by atoms with E-state index in [-0.39, 0.29) is 0 Å². The van der Waals surface area contributed by atoms with Gasteiger partial charge < -0.3 is 0 Å². The van der Waals surface area contributed by atoms with Gasteiger partial charge >= 0.3 is 0 Å². The molecule has 6 atom stereocenters. The Morgan fingerprint density at radius 2 is 0.688 bits per heavy atom. The Kier molecular flexibility index (Phi) is 2.34. The van der Waals surface area contributed by atoms with Gasteiger partial charge in [-0.1, -0.05) is 38.5 Å². The van der Waals surface area contributed by atoms with E-state index in [2.05, 4.69) is 0 Å². The monoisotopic (exact) mass is 218 g/mol. The van der Waals surface area contributed by atoms with Gasteiger partial charge in [0.25, 0.3) is 0 Å². The van der Waals surface area contributed by atoms with Crippen molar-refractivity contribution >= 4 is 0 Å². The quantitative estimate of drug-likeness (QED) is 0.555. The van der Waals surface area contributed by atoms with E-state index < -0.39 is 0 Å². The molecule has 0 aromatic heterocycles. The van der Waals surface area contributed by atoms with Crippen LogP contribution in [0.2, 0.25) is 0 Å². The van der Waals surface area contributed by atoms with E-state index in [0.29, 0.717) is 0 Å². The first kappa shape index (κ1) is 9.97. The molecule has 4 rings (SSSR count). The molecule has 6 unspecified atom stereocenters. The van der Waals surface area contributed by atoms with Gasteiger partial charge in [-0.05, 0) is 61.2 Å². The van der Waals surface area contributed by atoms with Crippen molar-refractivity contribution in [1.29, 1.82) is 0 Å². The molecule has 0 aliphatic heterocycles. The van der Waals surface area contributed by atoms with Crippen LogP contribution in [0.15, 0.2) is 0 Å². The number of hydrogen-bond donors (Lipinski definition) is 0. The average Bonchev–Trinajstić information content (AvgIpc) is 2.64. The van der Waals surface area contributed by atoms with Crippen LogP contribution in [0.1, 0.15) is 64.2 Å². The summed E-state index contributed by atoms with van der Waals surface area (Å²) in [6, 6.07) is 0. The summed E-state index contributed by atoms with van der Waals surface area (Å²) >= 11 is 0. The predicted molar refractivity (Wildman–Crippen MR) is 67.1 cm³/mol. The third-order valence-electron chi connectivity index (χ3n) is 6.74. The van der Waals surface area contributed by atoms with Gasteiger partial charge in [0.1, 0.15) is 0 Å². The van der Waals surface area contributed by atoms with E-state index >= 15 is 0 Å². The lowest BCUT2D eigenvalue weighted by atomic mass is 9.57. The SMILES string of the molecule is C1CC2CCCC3CCC4CCC(C1)C2C34. The van der Waals surface area contributed by atoms with Crippen molar-refractivity contribution in [3.63, 3.8) is 0 Å². The van der Waals surface area contributed by atoms with Gasteiger partial charge in [-0.2, -0.15) is 0 Å². The van der Waals surface area contributed by atoms with Gasteiger partial charge in [-0.25, -0.2) is 0 Å². The molecule has 16 heavy (non-hydrogen) atoms. The van der Waals surface area contributed by atoms with Crippen molar-refractivity contribution < 1.29 is 0 Å². The van der Waals surface area contributed by atoms with Crippen molar-refractivity contribution in [2.75, 3.05) is 0 Å². The van der Waals surface area contributed by atoms with E-state index in [1.165, 1.54) is 29.6 Å². The van der Waals surface area contributed by atoms with Crippen molar-refractivity contribution in [3.8, 4) is 0 Å². The Hall–Kier alpha value is 0. The maximum absolute atomic E-state index is 1.61. The molecule has 0 spiro atoms. The largest absolute Gasteiger partial charge is 0.0528 e. The first-order valence-corrected chi connectivity index (χ1v) is 7.93. The lowest BCUT2D eigenvalue weighted by Crippen LogP contribution is -2.40. The number of rotatable bonds is 0. The van der Waals surface area contributed by atoms with E-state index in [1.807, 2.05) is 0 Å². The van der Waals surface area contributed by atoms with Crippen LogP contribution in [0.25, 0.3) is 0 Å². The highest BCUT2D eigenvalue weighted by molar-refractivity contribution is 5.00. The maximum Gasteiger partial charge on any atom is -0.0324 e. The van der Waals surface area contributed by atoms with Crippen molar-refractivity contribution in [2.24, 2.45) is 35.5 Å². The zero-order valence-corrected chi connectivity index (χ0v) is 10.5. The van der Waals surface area contributed by atoms with Gasteiger partial charge in [0.15, 0.2) is 0 Å². The molecule has 4 saturated carbocycles. The zero-order valence-electron chi connectivity index (χ0n) is 10.5. The molecule has 0 bridgehead atoms. The molecule has 4 aliphatic carbocycles. The lowest BCUT2D eigenvalue weighted by Gasteiger charge is -2.48. The molecule has 0 radical (unpaired) electrons. The Morgan fingerprint density at radius 3 is 1.12 bits per heavy atom. The van der Waals surface area contributed by atoms with Crippen LogP contribution >= 0.6 is 0 Å². The van der Waals surface area contributed by atoms with Crippen LogP contribution in [-0.4, -0.2) is 0 Å². The van der Waals surface area contributed by atoms with Gasteiger partial charge in [-0.15, -0.1) is 0 Å². The maximum atomic E-state index is 1.61. The first-order chi connectivity index (χ1) is 7.93. The Balaban J connectivity index is 1.70. The highest BCUT2D eigenvalue weighted by Crippen LogP contribution is 2.59. The fourth-order valence-corrected chi connectivity index (χ4v) is 6.28. The highest BCUT2D eigenvalue weighted by Gasteiger charge is 2.50. The molecular formula is C16H26. The molecule has 0 N–H and O–H groups in total. The summed E-state index contributed by atoms with van der Waals surface area (Å²) in [4.78, 5) is 0. The van der Waals surface area contributed by atoms with Gasteiger partial charge in [-0.3, -0.25) is 0 Å². The topological polar surface area (TPSA) is 0 Å². The lowest BCUT2D eigenvalue weighted by molar-refractivity contribution is 0.0131. The minimum atomic E-state index is 1.16. The summed E-state index contributed by atoms with van der Waals surface area (Å²) < 4.78 is 0. The normalized spacial score (nSPS) is 55.5. The van der Waals surface area contributed by atoms with Crippen molar-refractivity contribution in [1.82, 2.24) is 0 Å². The second-order valence-corrected chi connectivity index (χ2v) is 7.21. The third kappa shape index (κ3) is 1.34. The van der Waals surface area contributed by atoms with Crippen LogP contribution in [0, 0.1) is 35.5 Å². The average molecular weight is 218 g/mol. The molecule has 0 amide bonds. The van der Waals surface area contributed by atoms with Gasteiger partial charge in [0.05, 0.1) is 0 Å². The molecular weight excluding hydrogens is 192 g/mol. The third-order valence-corrected chi connectivity index (χ3v) is 6.74. The van der Waals surface area contributed by atoms with E-state index in [1.54, 1.807) is 64.2 Å². The second-order valence-electron chi connectivity index (χ2n) is 7.21. The summed E-state index contributed by atoms with van der Waals surface area (Å²) in [6.45, 7) is 0. The van der Waals surface area contributed by atoms with Crippen LogP contribution in [0.4, 0.5) is 0 Å². The molecule has 4 fully saturated rings. The van der Waals surface area contributed by atoms with Crippen molar-refractivity contribution in [3.05, 3.63) is 0 Å². The predicted octanol–water partition coefficient (Wildman–Crippen LogP) is 4.64. The second kappa shape index (κ2) is 3.75. The molecule has 0 heteroatoms. The molecule has 4 aliphatic rings.